The molecular formula is C21H18N2O4S. The van der Waals surface area contributed by atoms with Crippen molar-refractivity contribution >= 4 is 40.6 Å². The van der Waals surface area contributed by atoms with Crippen LogP contribution in [0.1, 0.15) is 15.9 Å². The van der Waals surface area contributed by atoms with Gasteiger partial charge in [-0.2, -0.15) is 0 Å². The fraction of sp³-hybridized carbons (Fsp3) is 0.0952. The van der Waals surface area contributed by atoms with Gasteiger partial charge in [-0.3, -0.25) is 9.69 Å². The summed E-state index contributed by atoms with van der Waals surface area (Å²) < 4.78 is 5.15. The summed E-state index contributed by atoms with van der Waals surface area (Å²) in [7, 11) is 1.60. The van der Waals surface area contributed by atoms with Crippen molar-refractivity contribution in [2.75, 3.05) is 13.7 Å². The quantitative estimate of drug-likeness (QED) is 0.587. The van der Waals surface area contributed by atoms with Crippen LogP contribution in [-0.4, -0.2) is 40.7 Å². The van der Waals surface area contributed by atoms with Gasteiger partial charge in [-0.05, 0) is 53.7 Å². The number of rotatable bonds is 6. The maximum absolute atomic E-state index is 12.8. The molecule has 0 bridgehead atoms. The number of amidine groups is 1. The number of benzene rings is 2. The minimum absolute atomic E-state index is 0.139. The zero-order chi connectivity index (χ0) is 20.1. The van der Waals surface area contributed by atoms with Crippen LogP contribution in [-0.2, 0) is 4.79 Å². The number of carbonyl (C=O) groups excluding carboxylic acids is 1. The molecule has 1 heterocycles. The van der Waals surface area contributed by atoms with Gasteiger partial charge in [0.05, 0.1) is 23.3 Å². The molecule has 1 N–H and O–H groups in total. The van der Waals surface area contributed by atoms with Crippen LogP contribution in [0.5, 0.6) is 5.75 Å². The summed E-state index contributed by atoms with van der Waals surface area (Å²) in [5.74, 6) is -0.463. The molecule has 0 aromatic heterocycles. The molecule has 1 saturated heterocycles. The first kappa shape index (κ1) is 19.4. The van der Waals surface area contributed by atoms with Gasteiger partial charge in [-0.15, -0.1) is 6.58 Å². The van der Waals surface area contributed by atoms with E-state index in [1.54, 1.807) is 31.4 Å². The van der Waals surface area contributed by atoms with Crippen molar-refractivity contribution in [3.63, 3.8) is 0 Å². The molecule has 142 valence electrons. The van der Waals surface area contributed by atoms with E-state index in [9.17, 15) is 9.59 Å². The van der Waals surface area contributed by atoms with Crippen LogP contribution in [0.4, 0.5) is 5.69 Å². The standard InChI is InChI=1S/C21H18N2O4S/c1-3-11-23-19(24)18(12-14-7-9-17(27-2)10-8-14)28-21(23)22-16-6-4-5-15(13-16)20(25)26/h3-10,12-13H,1,11H2,2H3,(H,25,26)/b18-12-,22-21?. The lowest BCUT2D eigenvalue weighted by atomic mass is 10.2. The van der Waals surface area contributed by atoms with E-state index in [0.717, 1.165) is 11.3 Å². The van der Waals surface area contributed by atoms with E-state index < -0.39 is 5.97 Å². The molecule has 2 aromatic rings. The van der Waals surface area contributed by atoms with E-state index >= 15 is 0 Å². The largest absolute Gasteiger partial charge is 0.497 e. The molecule has 0 radical (unpaired) electrons. The van der Waals surface area contributed by atoms with Crippen molar-refractivity contribution in [3.05, 3.63) is 77.2 Å². The second-order valence-corrected chi connectivity index (χ2v) is 6.85. The third-order valence-corrected chi connectivity index (χ3v) is 4.94. The van der Waals surface area contributed by atoms with E-state index in [1.165, 1.54) is 28.8 Å². The Hall–Kier alpha value is -3.32. The number of nitrogens with zero attached hydrogens (tertiary/aromatic N) is 2. The summed E-state index contributed by atoms with van der Waals surface area (Å²) in [6, 6.07) is 13.7. The van der Waals surface area contributed by atoms with E-state index in [-0.39, 0.29) is 11.5 Å². The van der Waals surface area contributed by atoms with Crippen molar-refractivity contribution in [1.82, 2.24) is 4.90 Å². The predicted octanol–water partition coefficient (Wildman–Crippen LogP) is 4.18. The van der Waals surface area contributed by atoms with Crippen LogP contribution in [0.15, 0.2) is 71.1 Å². The minimum Gasteiger partial charge on any atom is -0.497 e. The number of carboxylic acids is 1. The number of aromatic carboxylic acids is 1. The SMILES string of the molecule is C=CCN1C(=O)/C(=C/c2ccc(OC)cc2)SC1=Nc1cccc(C(=O)O)c1. The third kappa shape index (κ3) is 4.32. The Kier molecular flexibility index (Phi) is 5.96. The average molecular weight is 394 g/mol. The molecule has 1 aliphatic rings. The topological polar surface area (TPSA) is 79.2 Å². The van der Waals surface area contributed by atoms with E-state index in [2.05, 4.69) is 11.6 Å². The molecule has 0 aliphatic carbocycles. The Morgan fingerprint density at radius 3 is 2.68 bits per heavy atom. The average Bonchev–Trinajstić information content (AvgIpc) is 2.98. The first-order valence-electron chi connectivity index (χ1n) is 8.40. The highest BCUT2D eigenvalue weighted by molar-refractivity contribution is 8.18. The van der Waals surface area contributed by atoms with Gasteiger partial charge < -0.3 is 9.84 Å². The van der Waals surface area contributed by atoms with Crippen LogP contribution in [0.2, 0.25) is 0 Å². The van der Waals surface area contributed by atoms with Gasteiger partial charge in [0, 0.05) is 6.54 Å². The van der Waals surface area contributed by atoms with Crippen molar-refractivity contribution in [3.8, 4) is 5.75 Å². The van der Waals surface area contributed by atoms with Crippen molar-refractivity contribution < 1.29 is 19.4 Å². The Morgan fingerprint density at radius 1 is 1.29 bits per heavy atom. The van der Waals surface area contributed by atoms with Crippen LogP contribution in [0.3, 0.4) is 0 Å². The lowest BCUT2D eigenvalue weighted by Crippen LogP contribution is -2.29. The first-order valence-corrected chi connectivity index (χ1v) is 9.22. The van der Waals surface area contributed by atoms with E-state index in [4.69, 9.17) is 9.84 Å². The second kappa shape index (κ2) is 8.58. The molecule has 7 heteroatoms. The molecule has 28 heavy (non-hydrogen) atoms. The highest BCUT2D eigenvalue weighted by Crippen LogP contribution is 2.34. The molecule has 1 fully saturated rings. The molecule has 0 atom stereocenters. The highest BCUT2D eigenvalue weighted by Gasteiger charge is 2.32. The lowest BCUT2D eigenvalue weighted by Gasteiger charge is -2.12. The molecule has 0 spiro atoms. The summed E-state index contributed by atoms with van der Waals surface area (Å²) in [5.41, 5.74) is 1.47. The molecular weight excluding hydrogens is 376 g/mol. The maximum atomic E-state index is 12.8. The summed E-state index contributed by atoms with van der Waals surface area (Å²) in [6.07, 6.45) is 3.41. The van der Waals surface area contributed by atoms with Gasteiger partial charge in [0.25, 0.3) is 5.91 Å². The Morgan fingerprint density at radius 2 is 2.04 bits per heavy atom. The zero-order valence-corrected chi connectivity index (χ0v) is 16.0. The molecule has 2 aromatic carbocycles. The third-order valence-electron chi connectivity index (χ3n) is 3.93. The number of thioether (sulfide) groups is 1. The number of amides is 1. The molecule has 3 rings (SSSR count). The van der Waals surface area contributed by atoms with Crippen LogP contribution < -0.4 is 4.74 Å². The summed E-state index contributed by atoms with van der Waals surface area (Å²) in [6.45, 7) is 4.01. The van der Waals surface area contributed by atoms with Gasteiger partial charge >= 0.3 is 5.97 Å². The van der Waals surface area contributed by atoms with Crippen molar-refractivity contribution in [2.45, 2.75) is 0 Å². The molecule has 1 amide bonds. The van der Waals surface area contributed by atoms with Gasteiger partial charge in [-0.1, -0.05) is 24.3 Å². The van der Waals surface area contributed by atoms with Gasteiger partial charge in [0.2, 0.25) is 0 Å². The summed E-state index contributed by atoms with van der Waals surface area (Å²) in [4.78, 5) is 30.5. The van der Waals surface area contributed by atoms with Gasteiger partial charge in [0.15, 0.2) is 5.17 Å². The van der Waals surface area contributed by atoms with Crippen LogP contribution in [0, 0.1) is 0 Å². The predicted molar refractivity (Wildman–Crippen MR) is 111 cm³/mol. The first-order chi connectivity index (χ1) is 13.5. The zero-order valence-electron chi connectivity index (χ0n) is 15.2. The van der Waals surface area contributed by atoms with Gasteiger partial charge in [-0.25, -0.2) is 9.79 Å². The lowest BCUT2D eigenvalue weighted by molar-refractivity contribution is -0.121. The van der Waals surface area contributed by atoms with Gasteiger partial charge in [0.1, 0.15) is 5.75 Å². The maximum Gasteiger partial charge on any atom is 0.335 e. The van der Waals surface area contributed by atoms with Crippen molar-refractivity contribution in [2.24, 2.45) is 4.99 Å². The number of carboxylic acid groups (broad SMARTS) is 1. The fourth-order valence-electron chi connectivity index (χ4n) is 2.55. The number of hydrogen-bond donors (Lipinski definition) is 1. The Balaban J connectivity index is 1.93. The Bertz CT molecular complexity index is 980. The Labute approximate surface area is 166 Å². The van der Waals surface area contributed by atoms with Crippen LogP contribution >= 0.6 is 11.8 Å². The molecule has 1 aliphatic heterocycles. The molecule has 0 saturated carbocycles. The second-order valence-electron chi connectivity index (χ2n) is 5.84. The molecule has 0 unspecified atom stereocenters. The van der Waals surface area contributed by atoms with E-state index in [0.29, 0.717) is 22.3 Å². The number of methoxy groups -OCH3 is 1. The van der Waals surface area contributed by atoms with E-state index in [1.807, 2.05) is 24.3 Å². The molecule has 6 nitrogen and oxygen atoms in total. The normalized spacial score (nSPS) is 16.6. The van der Waals surface area contributed by atoms with Crippen LogP contribution in [0.25, 0.3) is 6.08 Å². The number of carbonyl (C=O) groups is 2. The summed E-state index contributed by atoms with van der Waals surface area (Å²) >= 11 is 1.24. The highest BCUT2D eigenvalue weighted by atomic mass is 32.2. The minimum atomic E-state index is -1.03. The number of ether oxygens (including phenoxy) is 1. The smallest absolute Gasteiger partial charge is 0.335 e. The van der Waals surface area contributed by atoms with Crippen molar-refractivity contribution in [1.29, 1.82) is 0 Å². The summed E-state index contributed by atoms with van der Waals surface area (Å²) in [5, 5.41) is 9.62. The fourth-order valence-corrected chi connectivity index (χ4v) is 3.56. The monoisotopic (exact) mass is 394 g/mol. The number of aliphatic imine (C=N–C) groups is 1. The number of hydrogen-bond acceptors (Lipinski definition) is 5.